The largest absolute Gasteiger partial charge is 0.494 e. The van der Waals surface area contributed by atoms with Gasteiger partial charge >= 0.3 is 0 Å². The van der Waals surface area contributed by atoms with Gasteiger partial charge in [-0.05, 0) is 77.3 Å². The van der Waals surface area contributed by atoms with Crippen LogP contribution in [0.1, 0.15) is 31.1 Å². The molecule has 1 aromatic heterocycles. The van der Waals surface area contributed by atoms with Gasteiger partial charge in [0.1, 0.15) is 5.75 Å². The summed E-state index contributed by atoms with van der Waals surface area (Å²) in [5, 5.41) is 0.711. The maximum atomic E-state index is 13.5. The number of hydrogen-bond donors (Lipinski definition) is 0. The van der Waals surface area contributed by atoms with Crippen LogP contribution in [0.3, 0.4) is 0 Å². The summed E-state index contributed by atoms with van der Waals surface area (Å²) in [6, 6.07) is 13.8. The Balaban J connectivity index is 1.91. The number of amides is 1. The summed E-state index contributed by atoms with van der Waals surface area (Å²) in [5.41, 5.74) is 2.68. The number of likely N-dealkylation sites (N-methyl/N-ethyl adjacent to an activating group) is 1. The second kappa shape index (κ2) is 10.6. The predicted octanol–water partition coefficient (Wildman–Crippen LogP) is 4.75. The highest BCUT2D eigenvalue weighted by molar-refractivity contribution is 7.22. The van der Waals surface area contributed by atoms with Crippen LogP contribution in [0.25, 0.3) is 10.2 Å². The lowest BCUT2D eigenvalue weighted by Crippen LogP contribution is -2.36. The normalized spacial score (nSPS) is 11.2. The van der Waals surface area contributed by atoms with Gasteiger partial charge in [-0.15, -0.1) is 0 Å². The first-order valence-corrected chi connectivity index (χ1v) is 11.6. The van der Waals surface area contributed by atoms with Crippen LogP contribution >= 0.6 is 11.3 Å². The van der Waals surface area contributed by atoms with E-state index in [0.717, 1.165) is 41.3 Å². The van der Waals surface area contributed by atoms with E-state index in [0.29, 0.717) is 23.8 Å². The number of aromatic nitrogens is 1. The van der Waals surface area contributed by atoms with Crippen molar-refractivity contribution in [1.29, 1.82) is 0 Å². The highest BCUT2D eigenvalue weighted by Crippen LogP contribution is 2.32. The van der Waals surface area contributed by atoms with Gasteiger partial charge in [0.25, 0.3) is 5.91 Å². The Bertz CT molecular complexity index is 996. The van der Waals surface area contributed by atoms with Crippen molar-refractivity contribution in [3.63, 3.8) is 0 Å². The molecule has 0 atom stereocenters. The average Bonchev–Trinajstić information content (AvgIpc) is 3.18. The van der Waals surface area contributed by atoms with Crippen LogP contribution in [-0.2, 0) is 0 Å². The summed E-state index contributed by atoms with van der Waals surface area (Å²) in [6.45, 7) is 10.1. The molecule has 1 amide bonds. The zero-order valence-corrected chi connectivity index (χ0v) is 19.9. The topological polar surface area (TPSA) is 48.9 Å². The Kier molecular flexibility index (Phi) is 7.87. The van der Waals surface area contributed by atoms with Gasteiger partial charge in [-0.25, -0.2) is 4.98 Å². The molecule has 0 radical (unpaired) electrons. The van der Waals surface area contributed by atoms with E-state index < -0.39 is 0 Å². The summed E-state index contributed by atoms with van der Waals surface area (Å²) in [7, 11) is 4.02. The highest BCUT2D eigenvalue weighted by atomic mass is 32.1. The number of nitrogens with zero attached hydrogens (tertiary/aromatic N) is 4. The second-order valence-corrected chi connectivity index (χ2v) is 8.55. The van der Waals surface area contributed by atoms with Gasteiger partial charge in [0.15, 0.2) is 5.13 Å². The molecule has 3 rings (SSSR count). The van der Waals surface area contributed by atoms with Crippen LogP contribution in [-0.4, -0.2) is 62.7 Å². The van der Waals surface area contributed by atoms with Crippen molar-refractivity contribution in [2.24, 2.45) is 0 Å². The molecule has 7 heteroatoms. The van der Waals surface area contributed by atoms with Gasteiger partial charge in [0.2, 0.25) is 0 Å². The third-order valence-electron chi connectivity index (χ3n) is 5.15. The molecule has 0 fully saturated rings. The number of benzene rings is 2. The molecule has 0 aliphatic carbocycles. The predicted molar refractivity (Wildman–Crippen MR) is 131 cm³/mol. The number of hydrogen-bond acceptors (Lipinski definition) is 6. The summed E-state index contributed by atoms with van der Waals surface area (Å²) in [4.78, 5) is 24.3. The van der Waals surface area contributed by atoms with Gasteiger partial charge in [0, 0.05) is 37.4 Å². The van der Waals surface area contributed by atoms with Gasteiger partial charge < -0.3 is 14.5 Å². The SMILES string of the molecule is CCOc1ccc2nc(N(CCN(C)C)C(=O)c3ccc(N(CC)CC)cc3)sc2c1. The molecule has 1 heterocycles. The first-order chi connectivity index (χ1) is 15.0. The standard InChI is InChI=1S/C24H32N4O2S/c1-6-27(7-2)19-11-9-18(10-12-19)23(29)28(16-15-26(4)5)24-25-21-14-13-20(30-8-3)17-22(21)31-24/h9-14,17H,6-8,15-16H2,1-5H3. The van der Waals surface area contributed by atoms with Gasteiger partial charge in [-0.3, -0.25) is 9.69 Å². The number of fused-ring (bicyclic) bond motifs is 1. The third kappa shape index (κ3) is 5.54. The molecular formula is C24H32N4O2S. The molecule has 2 aromatic carbocycles. The minimum absolute atomic E-state index is 0.0305. The fraction of sp³-hybridized carbons (Fsp3) is 0.417. The molecule has 0 saturated heterocycles. The first-order valence-electron chi connectivity index (χ1n) is 10.8. The maximum absolute atomic E-state index is 13.5. The number of carbonyl (C=O) groups is 1. The molecule has 0 saturated carbocycles. The monoisotopic (exact) mass is 440 g/mol. The minimum Gasteiger partial charge on any atom is -0.494 e. The Hall–Kier alpha value is -2.64. The molecule has 3 aromatic rings. The van der Waals surface area contributed by atoms with Crippen molar-refractivity contribution >= 4 is 38.3 Å². The molecule has 6 nitrogen and oxygen atoms in total. The van der Waals surface area contributed by atoms with Crippen LogP contribution in [0, 0.1) is 0 Å². The van der Waals surface area contributed by atoms with E-state index in [1.165, 1.54) is 11.3 Å². The van der Waals surface area contributed by atoms with Crippen LogP contribution in [0.5, 0.6) is 5.75 Å². The Morgan fingerprint density at radius 3 is 2.32 bits per heavy atom. The van der Waals surface area contributed by atoms with Crippen molar-refractivity contribution in [1.82, 2.24) is 9.88 Å². The molecule has 166 valence electrons. The molecule has 0 N–H and O–H groups in total. The van der Waals surface area contributed by atoms with E-state index in [1.54, 1.807) is 4.90 Å². The molecule has 0 aliphatic rings. The van der Waals surface area contributed by atoms with Crippen molar-refractivity contribution in [2.75, 3.05) is 56.7 Å². The van der Waals surface area contributed by atoms with Gasteiger partial charge in [-0.2, -0.15) is 0 Å². The smallest absolute Gasteiger partial charge is 0.260 e. The molecule has 0 aliphatic heterocycles. The van der Waals surface area contributed by atoms with E-state index >= 15 is 0 Å². The average molecular weight is 441 g/mol. The van der Waals surface area contributed by atoms with Crippen LogP contribution in [0.15, 0.2) is 42.5 Å². The quantitative estimate of drug-likeness (QED) is 0.455. The number of thiazole rings is 1. The highest BCUT2D eigenvalue weighted by Gasteiger charge is 2.22. The molecule has 0 spiro atoms. The first kappa shape index (κ1) is 23.0. The molecule has 0 unspecified atom stereocenters. The fourth-order valence-corrected chi connectivity index (χ4v) is 4.43. The number of anilines is 2. The number of ether oxygens (including phenoxy) is 1. The van der Waals surface area contributed by atoms with Crippen LogP contribution in [0.4, 0.5) is 10.8 Å². The van der Waals surface area contributed by atoms with E-state index in [9.17, 15) is 4.79 Å². The van der Waals surface area contributed by atoms with E-state index in [1.807, 2.05) is 63.5 Å². The van der Waals surface area contributed by atoms with Gasteiger partial charge in [-0.1, -0.05) is 11.3 Å². The zero-order chi connectivity index (χ0) is 22.4. The van der Waals surface area contributed by atoms with Gasteiger partial charge in [0.05, 0.1) is 16.8 Å². The second-order valence-electron chi connectivity index (χ2n) is 7.54. The molecule has 0 bridgehead atoms. The lowest BCUT2D eigenvalue weighted by Gasteiger charge is -2.23. The Morgan fingerprint density at radius 2 is 1.71 bits per heavy atom. The third-order valence-corrected chi connectivity index (χ3v) is 6.19. The van der Waals surface area contributed by atoms with Crippen molar-refractivity contribution < 1.29 is 9.53 Å². The summed E-state index contributed by atoms with van der Waals surface area (Å²) in [5.74, 6) is 0.792. The Morgan fingerprint density at radius 1 is 1.00 bits per heavy atom. The number of carbonyl (C=O) groups excluding carboxylic acids is 1. The molecule has 31 heavy (non-hydrogen) atoms. The lowest BCUT2D eigenvalue weighted by molar-refractivity contribution is 0.0985. The van der Waals surface area contributed by atoms with E-state index in [-0.39, 0.29) is 5.91 Å². The fourth-order valence-electron chi connectivity index (χ4n) is 3.41. The lowest BCUT2D eigenvalue weighted by atomic mass is 10.1. The molecular weight excluding hydrogens is 408 g/mol. The van der Waals surface area contributed by atoms with Crippen molar-refractivity contribution in [3.05, 3.63) is 48.0 Å². The Labute approximate surface area is 189 Å². The minimum atomic E-state index is -0.0305. The van der Waals surface area contributed by atoms with Crippen molar-refractivity contribution in [3.8, 4) is 5.75 Å². The van der Waals surface area contributed by atoms with Crippen LogP contribution < -0.4 is 14.5 Å². The summed E-state index contributed by atoms with van der Waals surface area (Å²) >= 11 is 1.52. The van der Waals surface area contributed by atoms with E-state index in [4.69, 9.17) is 9.72 Å². The van der Waals surface area contributed by atoms with Crippen LogP contribution in [0.2, 0.25) is 0 Å². The summed E-state index contributed by atoms with van der Waals surface area (Å²) in [6.07, 6.45) is 0. The van der Waals surface area contributed by atoms with Crippen molar-refractivity contribution in [2.45, 2.75) is 20.8 Å². The zero-order valence-electron chi connectivity index (χ0n) is 19.1. The maximum Gasteiger partial charge on any atom is 0.260 e. The summed E-state index contributed by atoms with van der Waals surface area (Å²) < 4.78 is 6.63. The van der Waals surface area contributed by atoms with E-state index in [2.05, 4.69) is 23.6 Å². The number of rotatable bonds is 10.